The highest BCUT2D eigenvalue weighted by Crippen LogP contribution is 2.24. The van der Waals surface area contributed by atoms with Crippen LogP contribution in [0.2, 0.25) is 0 Å². The van der Waals surface area contributed by atoms with Crippen molar-refractivity contribution >= 4 is 17.0 Å². The predicted octanol–water partition coefficient (Wildman–Crippen LogP) is 2.38. The Bertz CT molecular complexity index is 598. The fourth-order valence-electron chi connectivity index (χ4n) is 2.89. The van der Waals surface area contributed by atoms with E-state index in [0.717, 1.165) is 30.1 Å². The van der Waals surface area contributed by atoms with Crippen LogP contribution in [0.15, 0.2) is 24.5 Å². The summed E-state index contributed by atoms with van der Waals surface area (Å²) in [5, 5.41) is 3.55. The lowest BCUT2D eigenvalue weighted by Gasteiger charge is -2.37. The summed E-state index contributed by atoms with van der Waals surface area (Å²) in [6.45, 7) is 6.47. The summed E-state index contributed by atoms with van der Waals surface area (Å²) in [6, 6.07) is 5.13. The SMILES string of the molecule is CC(C)NCC1CCCCN1c1ccc2nccnc2n1. The Morgan fingerprint density at radius 3 is 2.95 bits per heavy atom. The van der Waals surface area contributed by atoms with E-state index < -0.39 is 0 Å². The maximum absolute atomic E-state index is 4.70. The quantitative estimate of drug-likeness (QED) is 0.934. The Morgan fingerprint density at radius 1 is 1.24 bits per heavy atom. The number of hydrogen-bond donors (Lipinski definition) is 1. The topological polar surface area (TPSA) is 53.9 Å². The van der Waals surface area contributed by atoms with Crippen LogP contribution in [0.25, 0.3) is 11.2 Å². The summed E-state index contributed by atoms with van der Waals surface area (Å²) in [7, 11) is 0. The van der Waals surface area contributed by atoms with Gasteiger partial charge in [-0.2, -0.15) is 0 Å². The summed E-state index contributed by atoms with van der Waals surface area (Å²) in [5.41, 5.74) is 1.59. The van der Waals surface area contributed by atoms with Crippen LogP contribution in [0.3, 0.4) is 0 Å². The molecule has 1 aliphatic heterocycles. The maximum Gasteiger partial charge on any atom is 0.180 e. The maximum atomic E-state index is 4.70. The van der Waals surface area contributed by atoms with Crippen molar-refractivity contribution < 1.29 is 0 Å². The van der Waals surface area contributed by atoms with Gasteiger partial charge in [0.1, 0.15) is 11.3 Å². The van der Waals surface area contributed by atoms with Crippen molar-refractivity contribution in [2.24, 2.45) is 0 Å². The van der Waals surface area contributed by atoms with E-state index in [0.29, 0.717) is 12.1 Å². The first kappa shape index (κ1) is 14.2. The fraction of sp³-hybridized carbons (Fsp3) is 0.562. The monoisotopic (exact) mass is 285 g/mol. The van der Waals surface area contributed by atoms with Crippen LogP contribution in [-0.4, -0.2) is 40.1 Å². The molecule has 1 unspecified atom stereocenters. The summed E-state index contributed by atoms with van der Waals surface area (Å²) in [4.78, 5) is 15.7. The van der Waals surface area contributed by atoms with E-state index in [1.54, 1.807) is 12.4 Å². The summed E-state index contributed by atoms with van der Waals surface area (Å²) in [6.07, 6.45) is 7.17. The van der Waals surface area contributed by atoms with E-state index in [-0.39, 0.29) is 0 Å². The van der Waals surface area contributed by atoms with E-state index in [2.05, 4.69) is 40.1 Å². The summed E-state index contributed by atoms with van der Waals surface area (Å²) >= 11 is 0. The van der Waals surface area contributed by atoms with E-state index in [1.165, 1.54) is 19.3 Å². The van der Waals surface area contributed by atoms with Crippen LogP contribution in [0.5, 0.6) is 0 Å². The number of hydrogen-bond acceptors (Lipinski definition) is 5. The molecule has 21 heavy (non-hydrogen) atoms. The molecule has 1 saturated heterocycles. The summed E-state index contributed by atoms with van der Waals surface area (Å²) in [5.74, 6) is 1.03. The van der Waals surface area contributed by atoms with Gasteiger partial charge in [0.25, 0.3) is 0 Å². The Kier molecular flexibility index (Phi) is 4.29. The van der Waals surface area contributed by atoms with Crippen LogP contribution in [0.1, 0.15) is 33.1 Å². The zero-order valence-electron chi connectivity index (χ0n) is 12.8. The first-order valence-electron chi connectivity index (χ1n) is 7.82. The molecule has 1 fully saturated rings. The lowest BCUT2D eigenvalue weighted by molar-refractivity contribution is 0.419. The van der Waals surface area contributed by atoms with Crippen molar-refractivity contribution in [3.8, 4) is 0 Å². The molecule has 0 radical (unpaired) electrons. The number of nitrogens with one attached hydrogen (secondary N) is 1. The van der Waals surface area contributed by atoms with Crippen molar-refractivity contribution in [3.05, 3.63) is 24.5 Å². The van der Waals surface area contributed by atoms with Gasteiger partial charge >= 0.3 is 0 Å². The van der Waals surface area contributed by atoms with Gasteiger partial charge < -0.3 is 10.2 Å². The van der Waals surface area contributed by atoms with Crippen molar-refractivity contribution in [3.63, 3.8) is 0 Å². The first-order chi connectivity index (χ1) is 10.2. The van der Waals surface area contributed by atoms with Gasteiger partial charge in [-0.1, -0.05) is 13.8 Å². The highest BCUT2D eigenvalue weighted by molar-refractivity contribution is 5.71. The van der Waals surface area contributed by atoms with Crippen molar-refractivity contribution in [1.82, 2.24) is 20.3 Å². The fourth-order valence-corrected chi connectivity index (χ4v) is 2.89. The zero-order chi connectivity index (χ0) is 14.7. The standard InChI is InChI=1S/C16H23N5/c1-12(2)19-11-13-5-3-4-10-21(13)15-7-6-14-16(20-15)18-9-8-17-14/h6-9,12-13,19H,3-5,10-11H2,1-2H3. The van der Waals surface area contributed by atoms with Crippen LogP contribution in [0, 0.1) is 0 Å². The summed E-state index contributed by atoms with van der Waals surface area (Å²) < 4.78 is 0. The molecule has 2 aromatic rings. The molecule has 5 nitrogen and oxygen atoms in total. The number of rotatable bonds is 4. The van der Waals surface area contributed by atoms with E-state index in [4.69, 9.17) is 4.98 Å². The second-order valence-corrected chi connectivity index (χ2v) is 5.97. The van der Waals surface area contributed by atoms with E-state index >= 15 is 0 Å². The van der Waals surface area contributed by atoms with Crippen LogP contribution < -0.4 is 10.2 Å². The molecule has 2 aromatic heterocycles. The number of aromatic nitrogens is 3. The molecule has 3 rings (SSSR count). The minimum Gasteiger partial charge on any atom is -0.352 e. The molecule has 0 bridgehead atoms. The molecule has 0 aromatic carbocycles. The molecule has 1 N–H and O–H groups in total. The number of nitrogens with zero attached hydrogens (tertiary/aromatic N) is 4. The Hall–Kier alpha value is -1.75. The van der Waals surface area contributed by atoms with Gasteiger partial charge in [-0.25, -0.2) is 9.97 Å². The molecular weight excluding hydrogens is 262 g/mol. The van der Waals surface area contributed by atoms with Gasteiger partial charge in [-0.15, -0.1) is 0 Å². The van der Waals surface area contributed by atoms with Gasteiger partial charge in [0.2, 0.25) is 0 Å². The average molecular weight is 285 g/mol. The smallest absolute Gasteiger partial charge is 0.180 e. The van der Waals surface area contributed by atoms with Crippen molar-refractivity contribution in [2.75, 3.05) is 18.0 Å². The third kappa shape index (κ3) is 3.29. The van der Waals surface area contributed by atoms with Crippen molar-refractivity contribution in [2.45, 2.75) is 45.2 Å². The molecule has 0 saturated carbocycles. The highest BCUT2D eigenvalue weighted by atomic mass is 15.2. The van der Waals surface area contributed by atoms with Gasteiger partial charge in [0.15, 0.2) is 5.65 Å². The molecule has 112 valence electrons. The normalized spacial score (nSPS) is 19.4. The average Bonchev–Trinajstić information content (AvgIpc) is 2.52. The second-order valence-electron chi connectivity index (χ2n) is 5.97. The van der Waals surface area contributed by atoms with E-state index in [9.17, 15) is 0 Å². The van der Waals surface area contributed by atoms with Crippen LogP contribution in [0.4, 0.5) is 5.82 Å². The van der Waals surface area contributed by atoms with Crippen LogP contribution in [-0.2, 0) is 0 Å². The second kappa shape index (κ2) is 6.35. The first-order valence-corrected chi connectivity index (χ1v) is 7.82. The van der Waals surface area contributed by atoms with Gasteiger partial charge in [0.05, 0.1) is 0 Å². The predicted molar refractivity (Wildman–Crippen MR) is 85.5 cm³/mol. The highest BCUT2D eigenvalue weighted by Gasteiger charge is 2.23. The molecule has 3 heterocycles. The minimum absolute atomic E-state index is 0.516. The number of pyridine rings is 1. The van der Waals surface area contributed by atoms with E-state index in [1.807, 2.05) is 6.07 Å². The zero-order valence-corrected chi connectivity index (χ0v) is 12.8. The third-order valence-corrected chi connectivity index (χ3v) is 4.00. The Morgan fingerprint density at radius 2 is 2.10 bits per heavy atom. The Labute approximate surface area is 125 Å². The van der Waals surface area contributed by atoms with Gasteiger partial charge in [-0.05, 0) is 31.4 Å². The molecule has 5 heteroatoms. The molecule has 1 aliphatic rings. The minimum atomic E-state index is 0.516. The number of piperidine rings is 1. The molecule has 1 atom stereocenters. The number of anilines is 1. The largest absolute Gasteiger partial charge is 0.352 e. The van der Waals surface area contributed by atoms with Crippen molar-refractivity contribution in [1.29, 1.82) is 0 Å². The number of fused-ring (bicyclic) bond motifs is 1. The molecule has 0 aliphatic carbocycles. The Balaban J connectivity index is 1.83. The third-order valence-electron chi connectivity index (χ3n) is 4.00. The van der Waals surface area contributed by atoms with Gasteiger partial charge in [0, 0.05) is 37.6 Å². The molecular formula is C16H23N5. The van der Waals surface area contributed by atoms with Crippen LogP contribution >= 0.6 is 0 Å². The lowest BCUT2D eigenvalue weighted by atomic mass is 10.0. The molecule has 0 spiro atoms. The van der Waals surface area contributed by atoms with Gasteiger partial charge in [-0.3, -0.25) is 4.98 Å². The molecule has 0 amide bonds. The lowest BCUT2D eigenvalue weighted by Crippen LogP contribution is -2.47.